The number of aromatic nitrogens is 2. The summed E-state index contributed by atoms with van der Waals surface area (Å²) < 4.78 is 11.6. The normalized spacial score (nSPS) is 11.9. The van der Waals surface area contributed by atoms with Crippen molar-refractivity contribution in [3.8, 4) is 11.5 Å². The third-order valence-electron chi connectivity index (χ3n) is 4.30. The van der Waals surface area contributed by atoms with E-state index in [0.717, 1.165) is 28.0 Å². The van der Waals surface area contributed by atoms with E-state index in [4.69, 9.17) is 9.47 Å². The van der Waals surface area contributed by atoms with Crippen LogP contribution in [0.1, 0.15) is 17.2 Å². The molecule has 26 heavy (non-hydrogen) atoms. The summed E-state index contributed by atoms with van der Waals surface area (Å²) in [6.07, 6.45) is 4.80. The molecule has 128 valence electrons. The highest BCUT2D eigenvalue weighted by molar-refractivity contribution is 5.86. The molecular formula is C22H18N2O2. The molecule has 0 bridgehead atoms. The van der Waals surface area contributed by atoms with Crippen LogP contribution in [0.5, 0.6) is 11.5 Å². The van der Waals surface area contributed by atoms with Gasteiger partial charge in [-0.3, -0.25) is 0 Å². The summed E-state index contributed by atoms with van der Waals surface area (Å²) in [5, 5.41) is 2.32. The van der Waals surface area contributed by atoms with E-state index in [9.17, 15) is 0 Å². The molecule has 0 aliphatic heterocycles. The van der Waals surface area contributed by atoms with E-state index in [2.05, 4.69) is 34.2 Å². The number of rotatable bonds is 5. The van der Waals surface area contributed by atoms with Crippen molar-refractivity contribution < 1.29 is 9.47 Å². The van der Waals surface area contributed by atoms with Gasteiger partial charge in [-0.05, 0) is 35.0 Å². The van der Waals surface area contributed by atoms with Crippen molar-refractivity contribution in [2.24, 2.45) is 0 Å². The first kappa shape index (κ1) is 16.1. The highest BCUT2D eigenvalue weighted by Crippen LogP contribution is 2.33. The molecule has 0 aliphatic carbocycles. The summed E-state index contributed by atoms with van der Waals surface area (Å²) >= 11 is 0. The van der Waals surface area contributed by atoms with Crippen LogP contribution < -0.4 is 9.47 Å². The van der Waals surface area contributed by atoms with Gasteiger partial charge in [-0.25, -0.2) is 9.97 Å². The Morgan fingerprint density at radius 2 is 1.46 bits per heavy atom. The van der Waals surface area contributed by atoms with Crippen molar-refractivity contribution in [1.29, 1.82) is 0 Å². The van der Waals surface area contributed by atoms with Gasteiger partial charge in [0.15, 0.2) is 6.10 Å². The molecule has 0 saturated heterocycles. The number of hydrogen-bond acceptors (Lipinski definition) is 4. The summed E-state index contributed by atoms with van der Waals surface area (Å²) in [4.78, 5) is 8.34. The van der Waals surface area contributed by atoms with Crippen LogP contribution in [0.15, 0.2) is 85.5 Å². The van der Waals surface area contributed by atoms with Crippen LogP contribution >= 0.6 is 0 Å². The molecule has 3 aromatic carbocycles. The van der Waals surface area contributed by atoms with Crippen molar-refractivity contribution >= 4 is 10.8 Å². The molecular weight excluding hydrogens is 324 g/mol. The molecule has 0 saturated carbocycles. The van der Waals surface area contributed by atoms with Crippen molar-refractivity contribution in [3.05, 3.63) is 96.6 Å². The van der Waals surface area contributed by atoms with E-state index in [0.29, 0.717) is 0 Å². The Bertz CT molecular complexity index is 996. The van der Waals surface area contributed by atoms with E-state index in [1.54, 1.807) is 19.5 Å². The SMILES string of the molecule is COc1ccc(OC(c2cncnc2)c2cccc3ccccc23)cc1. The maximum absolute atomic E-state index is 6.36. The smallest absolute Gasteiger partial charge is 0.152 e. The van der Waals surface area contributed by atoms with Gasteiger partial charge in [0.2, 0.25) is 0 Å². The van der Waals surface area contributed by atoms with Crippen LogP contribution in [0.3, 0.4) is 0 Å². The van der Waals surface area contributed by atoms with Gasteiger partial charge < -0.3 is 9.47 Å². The molecule has 0 N–H and O–H groups in total. The zero-order chi connectivity index (χ0) is 17.8. The molecule has 0 fully saturated rings. The van der Waals surface area contributed by atoms with E-state index in [1.807, 2.05) is 42.5 Å². The lowest BCUT2D eigenvalue weighted by molar-refractivity contribution is 0.247. The summed E-state index contributed by atoms with van der Waals surface area (Å²) in [5.74, 6) is 1.55. The van der Waals surface area contributed by atoms with Crippen LogP contribution in [-0.2, 0) is 0 Å². The van der Waals surface area contributed by atoms with E-state index >= 15 is 0 Å². The number of hydrogen-bond donors (Lipinski definition) is 0. The lowest BCUT2D eigenvalue weighted by Crippen LogP contribution is -2.11. The molecule has 0 aliphatic rings. The minimum absolute atomic E-state index is 0.310. The second kappa shape index (κ2) is 7.23. The molecule has 1 unspecified atom stereocenters. The van der Waals surface area contributed by atoms with Crippen LogP contribution in [0.2, 0.25) is 0 Å². The lowest BCUT2D eigenvalue weighted by Gasteiger charge is -2.21. The van der Waals surface area contributed by atoms with Gasteiger partial charge >= 0.3 is 0 Å². The van der Waals surface area contributed by atoms with E-state index in [-0.39, 0.29) is 6.10 Å². The van der Waals surface area contributed by atoms with Gasteiger partial charge in [-0.2, -0.15) is 0 Å². The first-order valence-corrected chi connectivity index (χ1v) is 8.38. The predicted octanol–water partition coefficient (Wildman–Crippen LogP) is 4.81. The Hall–Kier alpha value is -3.40. The number of nitrogens with zero attached hydrogens (tertiary/aromatic N) is 2. The van der Waals surface area contributed by atoms with E-state index in [1.165, 1.54) is 11.7 Å². The Morgan fingerprint density at radius 3 is 2.23 bits per heavy atom. The molecule has 0 radical (unpaired) electrons. The number of ether oxygens (including phenoxy) is 2. The first-order chi connectivity index (χ1) is 12.8. The average molecular weight is 342 g/mol. The molecule has 1 aromatic heterocycles. The largest absolute Gasteiger partial charge is 0.497 e. The van der Waals surface area contributed by atoms with Crippen LogP contribution in [0, 0.1) is 0 Å². The molecule has 0 amide bonds. The Labute approximate surface area is 152 Å². The average Bonchev–Trinajstić information content (AvgIpc) is 2.73. The van der Waals surface area contributed by atoms with Gasteiger partial charge in [0, 0.05) is 23.5 Å². The van der Waals surface area contributed by atoms with Gasteiger partial charge in [0.1, 0.15) is 17.8 Å². The second-order valence-electron chi connectivity index (χ2n) is 5.91. The molecule has 1 atom stereocenters. The van der Waals surface area contributed by atoms with Crippen LogP contribution in [0.4, 0.5) is 0 Å². The summed E-state index contributed by atoms with van der Waals surface area (Å²) in [6, 6.07) is 22.1. The van der Waals surface area contributed by atoms with Gasteiger partial charge in [-0.15, -0.1) is 0 Å². The Kier molecular flexibility index (Phi) is 4.48. The standard InChI is InChI=1S/C22H18N2O2/c1-25-18-9-11-19(12-10-18)26-22(17-13-23-15-24-14-17)21-8-4-6-16-5-2-3-7-20(16)21/h2-15,22H,1H3. The third-order valence-corrected chi connectivity index (χ3v) is 4.30. The summed E-state index contributed by atoms with van der Waals surface area (Å²) in [5.41, 5.74) is 1.98. The number of benzene rings is 3. The summed E-state index contributed by atoms with van der Waals surface area (Å²) in [6.45, 7) is 0. The number of fused-ring (bicyclic) bond motifs is 1. The maximum Gasteiger partial charge on any atom is 0.152 e. The minimum atomic E-state index is -0.310. The minimum Gasteiger partial charge on any atom is -0.497 e. The van der Waals surface area contributed by atoms with Gasteiger partial charge in [0.25, 0.3) is 0 Å². The highest BCUT2D eigenvalue weighted by atomic mass is 16.5. The highest BCUT2D eigenvalue weighted by Gasteiger charge is 2.19. The molecule has 4 heteroatoms. The predicted molar refractivity (Wildman–Crippen MR) is 101 cm³/mol. The molecule has 4 aromatic rings. The number of methoxy groups -OCH3 is 1. The van der Waals surface area contributed by atoms with Crippen molar-refractivity contribution in [1.82, 2.24) is 9.97 Å². The van der Waals surface area contributed by atoms with Gasteiger partial charge in [-0.1, -0.05) is 42.5 Å². The maximum atomic E-state index is 6.36. The first-order valence-electron chi connectivity index (χ1n) is 8.38. The van der Waals surface area contributed by atoms with Crippen molar-refractivity contribution in [2.45, 2.75) is 6.10 Å². The molecule has 0 spiro atoms. The monoisotopic (exact) mass is 342 g/mol. The fourth-order valence-electron chi connectivity index (χ4n) is 3.03. The fraction of sp³-hybridized carbons (Fsp3) is 0.0909. The zero-order valence-electron chi connectivity index (χ0n) is 14.4. The quantitative estimate of drug-likeness (QED) is 0.522. The van der Waals surface area contributed by atoms with Gasteiger partial charge in [0.05, 0.1) is 7.11 Å². The Balaban J connectivity index is 1.80. The van der Waals surface area contributed by atoms with Crippen molar-refractivity contribution in [2.75, 3.05) is 7.11 Å². The zero-order valence-corrected chi connectivity index (χ0v) is 14.4. The lowest BCUT2D eigenvalue weighted by atomic mass is 9.97. The summed E-state index contributed by atoms with van der Waals surface area (Å²) in [7, 11) is 1.65. The molecule has 1 heterocycles. The van der Waals surface area contributed by atoms with Crippen LogP contribution in [0.25, 0.3) is 10.8 Å². The second-order valence-corrected chi connectivity index (χ2v) is 5.91. The third kappa shape index (κ3) is 3.22. The van der Waals surface area contributed by atoms with Crippen LogP contribution in [-0.4, -0.2) is 17.1 Å². The molecule has 4 rings (SSSR count). The molecule has 4 nitrogen and oxygen atoms in total. The fourth-order valence-corrected chi connectivity index (χ4v) is 3.03. The Morgan fingerprint density at radius 1 is 0.769 bits per heavy atom. The van der Waals surface area contributed by atoms with Crippen molar-refractivity contribution in [3.63, 3.8) is 0 Å². The van der Waals surface area contributed by atoms with E-state index < -0.39 is 0 Å². The topological polar surface area (TPSA) is 44.2 Å².